The molecule has 2 N–H and O–H groups in total. The van der Waals surface area contributed by atoms with Gasteiger partial charge in [-0.3, -0.25) is 9.59 Å². The van der Waals surface area contributed by atoms with Gasteiger partial charge in [0.1, 0.15) is 5.82 Å². The minimum absolute atomic E-state index is 0.0837. The van der Waals surface area contributed by atoms with Gasteiger partial charge in [-0.1, -0.05) is 0 Å². The molecule has 1 aromatic heterocycles. The number of aromatic amines is 1. The van der Waals surface area contributed by atoms with Crippen LogP contribution in [0.2, 0.25) is 0 Å². The first kappa shape index (κ1) is 18.5. The van der Waals surface area contributed by atoms with Crippen LogP contribution in [0.5, 0.6) is 0 Å². The number of hydrogen-bond acceptors (Lipinski definition) is 5. The third-order valence-electron chi connectivity index (χ3n) is 4.11. The summed E-state index contributed by atoms with van der Waals surface area (Å²) in [5.41, 5.74) is -0.190. The molecule has 10 heteroatoms. The van der Waals surface area contributed by atoms with Gasteiger partial charge >= 0.3 is 0 Å². The summed E-state index contributed by atoms with van der Waals surface area (Å²) < 4.78 is 43.3. The van der Waals surface area contributed by atoms with Crippen molar-refractivity contribution in [2.24, 2.45) is 0 Å². The number of pyridine rings is 1. The average molecular weight is 383 g/mol. The molecule has 1 aromatic carbocycles. The highest BCUT2D eigenvalue weighted by atomic mass is 32.2. The van der Waals surface area contributed by atoms with Crippen molar-refractivity contribution in [1.82, 2.24) is 14.6 Å². The number of fused-ring (bicyclic) bond motifs is 1. The number of nitrogens with zero attached hydrogens (tertiary/aromatic N) is 1. The fourth-order valence-corrected chi connectivity index (χ4v) is 3.68. The quantitative estimate of drug-likeness (QED) is 0.776. The largest absolute Gasteiger partial charge is 0.374 e. The highest BCUT2D eigenvalue weighted by molar-refractivity contribution is 7.88. The molecule has 1 aliphatic heterocycles. The maximum absolute atomic E-state index is 13.3. The minimum Gasteiger partial charge on any atom is -0.374 e. The van der Waals surface area contributed by atoms with E-state index in [1.165, 1.54) is 16.4 Å². The molecule has 0 saturated carbocycles. The maximum Gasteiger partial charge on any atom is 0.252 e. The lowest BCUT2D eigenvalue weighted by molar-refractivity contribution is 0.000446. The van der Waals surface area contributed by atoms with E-state index in [-0.39, 0.29) is 37.3 Å². The summed E-state index contributed by atoms with van der Waals surface area (Å²) in [6.45, 7) is 0.731. The molecule has 0 bridgehead atoms. The normalized spacial score (nSPS) is 18.8. The fraction of sp³-hybridized carbons (Fsp3) is 0.375. The first-order chi connectivity index (χ1) is 12.2. The summed E-state index contributed by atoms with van der Waals surface area (Å²) in [5.74, 6) is -1.05. The summed E-state index contributed by atoms with van der Waals surface area (Å²) in [6.07, 6.45) is 0.628. The number of amides is 1. The van der Waals surface area contributed by atoms with Gasteiger partial charge in [0.2, 0.25) is 15.6 Å². The second kappa shape index (κ2) is 7.14. The third-order valence-corrected chi connectivity index (χ3v) is 5.38. The highest BCUT2D eigenvalue weighted by Crippen LogP contribution is 2.16. The van der Waals surface area contributed by atoms with Gasteiger partial charge in [0.25, 0.3) is 5.91 Å². The van der Waals surface area contributed by atoms with Crippen molar-refractivity contribution in [1.29, 1.82) is 0 Å². The third kappa shape index (κ3) is 4.09. The summed E-state index contributed by atoms with van der Waals surface area (Å²) in [4.78, 5) is 26.7. The number of halogens is 1. The predicted octanol–water partition coefficient (Wildman–Crippen LogP) is 0.0574. The number of carbonyl (C=O) groups excluding carboxylic acids is 1. The predicted molar refractivity (Wildman–Crippen MR) is 93.0 cm³/mol. The topological polar surface area (TPSA) is 109 Å². The van der Waals surface area contributed by atoms with Crippen LogP contribution in [0.4, 0.5) is 4.39 Å². The monoisotopic (exact) mass is 383 g/mol. The number of rotatable bonds is 4. The van der Waals surface area contributed by atoms with E-state index < -0.39 is 33.4 Å². The molecule has 2 heterocycles. The van der Waals surface area contributed by atoms with Crippen LogP contribution in [0, 0.1) is 5.82 Å². The van der Waals surface area contributed by atoms with Crippen LogP contribution in [0.15, 0.2) is 29.1 Å². The van der Waals surface area contributed by atoms with Gasteiger partial charge in [-0.2, -0.15) is 4.31 Å². The van der Waals surface area contributed by atoms with Crippen molar-refractivity contribution in [3.8, 4) is 0 Å². The molecule has 0 aliphatic carbocycles. The number of carbonyl (C=O) groups is 1. The molecule has 1 amide bonds. The Kier molecular flexibility index (Phi) is 5.08. The van der Waals surface area contributed by atoms with E-state index >= 15 is 0 Å². The van der Waals surface area contributed by atoms with Crippen LogP contribution in [0.1, 0.15) is 10.4 Å². The fourth-order valence-electron chi connectivity index (χ4n) is 2.84. The number of ether oxygens (including phenoxy) is 1. The van der Waals surface area contributed by atoms with Crippen LogP contribution >= 0.6 is 0 Å². The molecule has 0 unspecified atom stereocenters. The van der Waals surface area contributed by atoms with E-state index in [1.807, 2.05) is 0 Å². The Labute approximate surface area is 149 Å². The van der Waals surface area contributed by atoms with Crippen molar-refractivity contribution < 1.29 is 22.3 Å². The lowest BCUT2D eigenvalue weighted by Crippen LogP contribution is -2.49. The average Bonchev–Trinajstić information content (AvgIpc) is 2.58. The second-order valence-corrected chi connectivity index (χ2v) is 8.04. The Morgan fingerprint density at radius 3 is 2.92 bits per heavy atom. The van der Waals surface area contributed by atoms with E-state index in [9.17, 15) is 22.4 Å². The molecule has 1 aliphatic rings. The second-order valence-electron chi connectivity index (χ2n) is 6.06. The molecule has 1 fully saturated rings. The zero-order valence-corrected chi connectivity index (χ0v) is 14.8. The first-order valence-electron chi connectivity index (χ1n) is 7.91. The van der Waals surface area contributed by atoms with Crippen LogP contribution in [0.25, 0.3) is 10.9 Å². The minimum atomic E-state index is -3.33. The number of hydrogen-bond donors (Lipinski definition) is 2. The Morgan fingerprint density at radius 2 is 2.19 bits per heavy atom. The van der Waals surface area contributed by atoms with Gasteiger partial charge in [0.05, 0.1) is 30.0 Å². The Hall–Kier alpha value is -2.30. The van der Waals surface area contributed by atoms with Gasteiger partial charge in [0.15, 0.2) is 0 Å². The molecule has 0 spiro atoms. The van der Waals surface area contributed by atoms with E-state index in [1.54, 1.807) is 0 Å². The molecule has 1 saturated heterocycles. The Balaban J connectivity index is 1.75. The highest BCUT2D eigenvalue weighted by Gasteiger charge is 2.27. The van der Waals surface area contributed by atoms with E-state index in [4.69, 9.17) is 4.74 Å². The van der Waals surface area contributed by atoms with Gasteiger partial charge in [-0.15, -0.1) is 0 Å². The van der Waals surface area contributed by atoms with E-state index in [0.717, 1.165) is 18.4 Å². The van der Waals surface area contributed by atoms with Crippen molar-refractivity contribution >= 4 is 26.8 Å². The summed E-state index contributed by atoms with van der Waals surface area (Å²) in [7, 11) is -3.33. The van der Waals surface area contributed by atoms with E-state index in [2.05, 4.69) is 10.3 Å². The molecule has 140 valence electrons. The SMILES string of the molecule is CS(=O)(=O)N1CCO[C@@H](CNC(=O)c2cc(=O)[nH]c3cc(F)ccc23)C1. The summed E-state index contributed by atoms with van der Waals surface area (Å²) in [6, 6.07) is 4.89. The number of benzene rings is 1. The van der Waals surface area contributed by atoms with Crippen LogP contribution < -0.4 is 10.9 Å². The summed E-state index contributed by atoms with van der Waals surface area (Å²) in [5, 5.41) is 3.05. The van der Waals surface area contributed by atoms with E-state index in [0.29, 0.717) is 5.39 Å². The Morgan fingerprint density at radius 1 is 1.42 bits per heavy atom. The molecule has 8 nitrogen and oxygen atoms in total. The Bertz CT molecular complexity index is 1000. The lowest BCUT2D eigenvalue weighted by Gasteiger charge is -2.31. The molecule has 2 aromatic rings. The van der Waals surface area contributed by atoms with Gasteiger partial charge in [-0.05, 0) is 18.2 Å². The molecule has 0 radical (unpaired) electrons. The molecule has 26 heavy (non-hydrogen) atoms. The van der Waals surface area contributed by atoms with Crippen LogP contribution in [0.3, 0.4) is 0 Å². The summed E-state index contributed by atoms with van der Waals surface area (Å²) >= 11 is 0. The van der Waals surface area contributed by atoms with Crippen molar-refractivity contribution in [2.45, 2.75) is 6.10 Å². The maximum atomic E-state index is 13.3. The van der Waals surface area contributed by atoms with Crippen molar-refractivity contribution in [2.75, 3.05) is 32.5 Å². The number of aromatic nitrogens is 1. The van der Waals surface area contributed by atoms with Crippen LogP contribution in [-0.4, -0.2) is 62.2 Å². The molecular formula is C16H18FN3O5S. The lowest BCUT2D eigenvalue weighted by atomic mass is 10.1. The number of sulfonamides is 1. The van der Waals surface area contributed by atoms with Gasteiger partial charge in [0, 0.05) is 31.1 Å². The van der Waals surface area contributed by atoms with Gasteiger partial charge < -0.3 is 15.0 Å². The van der Waals surface area contributed by atoms with Crippen molar-refractivity contribution in [3.05, 3.63) is 46.0 Å². The molecular weight excluding hydrogens is 365 g/mol. The van der Waals surface area contributed by atoms with Crippen LogP contribution in [-0.2, 0) is 14.8 Å². The number of H-pyrrole nitrogens is 1. The first-order valence-corrected chi connectivity index (χ1v) is 9.76. The zero-order valence-electron chi connectivity index (χ0n) is 14.0. The van der Waals surface area contributed by atoms with Crippen molar-refractivity contribution in [3.63, 3.8) is 0 Å². The number of nitrogens with one attached hydrogen (secondary N) is 2. The molecule has 3 rings (SSSR count). The smallest absolute Gasteiger partial charge is 0.252 e. The number of morpholine rings is 1. The standard InChI is InChI=1S/C16H18FN3O5S/c1-26(23,24)20-4-5-25-11(9-20)8-18-16(22)13-7-15(21)19-14-6-10(17)2-3-12(13)14/h2-3,6-7,11H,4-5,8-9H2,1H3,(H,18,22)(H,19,21)/t11-/m0/s1. The molecule has 1 atom stereocenters. The zero-order chi connectivity index (χ0) is 18.9. The van der Waals surface area contributed by atoms with Gasteiger partial charge in [-0.25, -0.2) is 12.8 Å².